The third-order valence-electron chi connectivity index (χ3n) is 3.85. The molecule has 0 aliphatic rings. The van der Waals surface area contributed by atoms with Gasteiger partial charge in [-0.3, -0.25) is 4.79 Å². The van der Waals surface area contributed by atoms with Crippen molar-refractivity contribution < 1.29 is 44.7 Å². The van der Waals surface area contributed by atoms with Crippen molar-refractivity contribution in [2.75, 3.05) is 14.1 Å². The van der Waals surface area contributed by atoms with Crippen molar-refractivity contribution in [3.8, 4) is 11.5 Å². The van der Waals surface area contributed by atoms with E-state index in [0.29, 0.717) is 12.1 Å². The summed E-state index contributed by atoms with van der Waals surface area (Å²) in [6.07, 6.45) is -12.5. The van der Waals surface area contributed by atoms with Gasteiger partial charge in [0.05, 0.1) is 0 Å². The van der Waals surface area contributed by atoms with Crippen molar-refractivity contribution in [3.63, 3.8) is 0 Å². The first kappa shape index (κ1) is 22.4. The zero-order valence-electron chi connectivity index (χ0n) is 14.8. The van der Waals surface area contributed by atoms with Crippen LogP contribution in [0, 0.1) is 5.82 Å². The Labute approximate surface area is 159 Å². The molecule has 0 spiro atoms. The van der Waals surface area contributed by atoms with Gasteiger partial charge in [-0.25, -0.2) is 8.78 Å². The fourth-order valence-electron chi connectivity index (χ4n) is 2.34. The number of benzene rings is 2. The van der Waals surface area contributed by atoms with Gasteiger partial charge in [0.2, 0.25) is 0 Å². The van der Waals surface area contributed by atoms with Crippen LogP contribution >= 0.6 is 0 Å². The maximum absolute atomic E-state index is 14.1. The summed E-state index contributed by atoms with van der Waals surface area (Å²) in [4.78, 5) is 13.0. The third kappa shape index (κ3) is 4.28. The predicted octanol–water partition coefficient (Wildman–Crippen LogP) is 5.61. The van der Waals surface area contributed by atoms with Crippen LogP contribution in [0.5, 0.6) is 11.5 Å². The molecule has 11 heteroatoms. The lowest BCUT2D eigenvalue weighted by Gasteiger charge is -2.30. The molecule has 3 nitrogen and oxygen atoms in total. The van der Waals surface area contributed by atoms with Gasteiger partial charge >= 0.3 is 18.0 Å². The minimum absolute atomic E-state index is 0.00670. The molecule has 1 amide bonds. The standard InChI is InChI=1S/C18H13F8NO2/c1-27(2)15(28)10-3-8-14(13(19)9-10)29-12-6-4-11(5-7-12)16(20,17(21,22)23)18(24,25)26/h3-9H,1-2H3. The van der Waals surface area contributed by atoms with Crippen molar-refractivity contribution >= 4 is 5.91 Å². The summed E-state index contributed by atoms with van der Waals surface area (Å²) in [5.74, 6) is -2.28. The van der Waals surface area contributed by atoms with E-state index in [1.165, 1.54) is 25.1 Å². The Hall–Kier alpha value is -2.85. The average molecular weight is 427 g/mol. The van der Waals surface area contributed by atoms with Crippen LogP contribution in [0.4, 0.5) is 35.1 Å². The van der Waals surface area contributed by atoms with Crippen molar-refractivity contribution in [1.82, 2.24) is 4.90 Å². The number of halogens is 8. The lowest BCUT2D eigenvalue weighted by atomic mass is 9.94. The molecule has 2 rings (SSSR count). The zero-order valence-corrected chi connectivity index (χ0v) is 14.8. The van der Waals surface area contributed by atoms with Crippen molar-refractivity contribution in [2.45, 2.75) is 18.0 Å². The molecule has 0 saturated heterocycles. The first-order chi connectivity index (χ1) is 13.2. The second kappa shape index (κ2) is 7.53. The molecule has 0 aliphatic carbocycles. The van der Waals surface area contributed by atoms with Crippen LogP contribution in [0.3, 0.4) is 0 Å². The van der Waals surface area contributed by atoms with E-state index in [-0.39, 0.29) is 23.4 Å². The Morgan fingerprint density at radius 2 is 1.38 bits per heavy atom. The Bertz CT molecular complexity index is 874. The van der Waals surface area contributed by atoms with Gasteiger partial charge in [-0.2, -0.15) is 26.3 Å². The summed E-state index contributed by atoms with van der Waals surface area (Å²) < 4.78 is 110. The quantitative estimate of drug-likeness (QED) is 0.594. The van der Waals surface area contributed by atoms with E-state index in [1.807, 2.05) is 0 Å². The molecule has 0 saturated carbocycles. The molecule has 158 valence electrons. The van der Waals surface area contributed by atoms with Crippen LogP contribution < -0.4 is 4.74 Å². The van der Waals surface area contributed by atoms with Gasteiger partial charge in [0.25, 0.3) is 5.91 Å². The molecule has 0 fully saturated rings. The second-order valence-corrected chi connectivity index (χ2v) is 6.13. The molecular formula is C18H13F8NO2. The van der Waals surface area contributed by atoms with Gasteiger partial charge in [-0.05, 0) is 30.3 Å². The Morgan fingerprint density at radius 1 is 0.862 bits per heavy atom. The number of amides is 1. The second-order valence-electron chi connectivity index (χ2n) is 6.13. The largest absolute Gasteiger partial charge is 0.454 e. The summed E-state index contributed by atoms with van der Waals surface area (Å²) >= 11 is 0. The van der Waals surface area contributed by atoms with Gasteiger partial charge in [-0.1, -0.05) is 12.1 Å². The highest BCUT2D eigenvalue weighted by atomic mass is 19.4. The highest BCUT2D eigenvalue weighted by Crippen LogP contribution is 2.53. The van der Waals surface area contributed by atoms with E-state index in [2.05, 4.69) is 0 Å². The summed E-state index contributed by atoms with van der Waals surface area (Å²) in [6, 6.07) is 4.90. The Kier molecular flexibility index (Phi) is 5.82. The smallest absolute Gasteiger partial charge is 0.435 e. The van der Waals surface area contributed by atoms with E-state index in [9.17, 15) is 39.9 Å². The number of ether oxygens (including phenoxy) is 1. The van der Waals surface area contributed by atoms with Gasteiger partial charge in [0.15, 0.2) is 11.6 Å². The van der Waals surface area contributed by atoms with Gasteiger partial charge in [-0.15, -0.1) is 0 Å². The Morgan fingerprint density at radius 3 is 1.79 bits per heavy atom. The molecule has 0 aliphatic heterocycles. The third-order valence-corrected chi connectivity index (χ3v) is 3.85. The monoisotopic (exact) mass is 427 g/mol. The topological polar surface area (TPSA) is 29.5 Å². The van der Waals surface area contributed by atoms with E-state index < -0.39 is 41.1 Å². The van der Waals surface area contributed by atoms with E-state index in [1.54, 1.807) is 0 Å². The number of nitrogens with zero attached hydrogens (tertiary/aromatic N) is 1. The molecule has 0 radical (unpaired) electrons. The van der Waals surface area contributed by atoms with Crippen LogP contribution in [-0.2, 0) is 5.67 Å². The molecular weight excluding hydrogens is 414 g/mol. The molecule has 0 atom stereocenters. The molecule has 29 heavy (non-hydrogen) atoms. The normalized spacial score (nSPS) is 12.6. The molecule has 2 aromatic carbocycles. The number of carbonyl (C=O) groups excluding carboxylic acids is 1. The summed E-state index contributed by atoms with van der Waals surface area (Å²) in [5, 5.41) is 0. The minimum atomic E-state index is -6.24. The van der Waals surface area contributed by atoms with Gasteiger partial charge in [0, 0.05) is 25.2 Å². The van der Waals surface area contributed by atoms with Crippen molar-refractivity contribution in [2.24, 2.45) is 0 Å². The first-order valence-electron chi connectivity index (χ1n) is 7.80. The molecule has 0 unspecified atom stereocenters. The minimum Gasteiger partial charge on any atom is -0.454 e. The number of hydrogen-bond donors (Lipinski definition) is 0. The maximum atomic E-state index is 14.1. The van der Waals surface area contributed by atoms with Gasteiger partial charge in [0.1, 0.15) is 5.75 Å². The van der Waals surface area contributed by atoms with Crippen LogP contribution in [0.1, 0.15) is 15.9 Å². The SMILES string of the molecule is CN(C)C(=O)c1ccc(Oc2ccc(C(F)(C(F)(F)F)C(F)(F)F)cc2)c(F)c1. The summed E-state index contributed by atoms with van der Waals surface area (Å²) in [5.41, 5.74) is -7.28. The van der Waals surface area contributed by atoms with E-state index >= 15 is 0 Å². The van der Waals surface area contributed by atoms with E-state index in [4.69, 9.17) is 4.74 Å². The highest BCUT2D eigenvalue weighted by molar-refractivity contribution is 5.94. The molecule has 0 heterocycles. The van der Waals surface area contributed by atoms with Gasteiger partial charge < -0.3 is 9.64 Å². The predicted molar refractivity (Wildman–Crippen MR) is 85.8 cm³/mol. The lowest BCUT2D eigenvalue weighted by molar-refractivity contribution is -0.348. The lowest BCUT2D eigenvalue weighted by Crippen LogP contribution is -2.50. The van der Waals surface area contributed by atoms with Crippen LogP contribution in [0.25, 0.3) is 0 Å². The average Bonchev–Trinajstić information content (AvgIpc) is 2.60. The maximum Gasteiger partial charge on any atom is 0.435 e. The molecule has 0 bridgehead atoms. The molecule has 0 N–H and O–H groups in total. The number of rotatable bonds is 4. The summed E-state index contributed by atoms with van der Waals surface area (Å²) in [7, 11) is 2.89. The molecule has 0 aromatic heterocycles. The first-order valence-corrected chi connectivity index (χ1v) is 7.80. The van der Waals surface area contributed by atoms with Crippen LogP contribution in [0.15, 0.2) is 42.5 Å². The van der Waals surface area contributed by atoms with E-state index in [0.717, 1.165) is 12.1 Å². The van der Waals surface area contributed by atoms with Crippen LogP contribution in [-0.4, -0.2) is 37.3 Å². The molecule has 2 aromatic rings. The van der Waals surface area contributed by atoms with Crippen molar-refractivity contribution in [3.05, 3.63) is 59.4 Å². The number of hydrogen-bond acceptors (Lipinski definition) is 2. The highest BCUT2D eigenvalue weighted by Gasteiger charge is 2.73. The summed E-state index contributed by atoms with van der Waals surface area (Å²) in [6.45, 7) is 0. The fraction of sp³-hybridized carbons (Fsp3) is 0.278. The Balaban J connectivity index is 2.31. The number of carbonyl (C=O) groups is 1. The van der Waals surface area contributed by atoms with Crippen LogP contribution in [0.2, 0.25) is 0 Å². The fourth-order valence-corrected chi connectivity index (χ4v) is 2.34. The zero-order chi connectivity index (χ0) is 22.2. The number of alkyl halides is 7. The van der Waals surface area contributed by atoms with Crippen molar-refractivity contribution in [1.29, 1.82) is 0 Å².